The zero-order valence-corrected chi connectivity index (χ0v) is 23.1. The lowest BCUT2D eigenvalue weighted by atomic mass is 10.1. The first-order chi connectivity index (χ1) is 17.7. The summed E-state index contributed by atoms with van der Waals surface area (Å²) in [6.45, 7) is 2.20. The van der Waals surface area contributed by atoms with Gasteiger partial charge in [-0.15, -0.1) is 0 Å². The number of carbonyl (C=O) groups excluding carboxylic acids is 1. The largest absolute Gasteiger partial charge is 0.477 e. The van der Waals surface area contributed by atoms with Crippen molar-refractivity contribution in [2.75, 3.05) is 41.0 Å². The first-order valence-electron chi connectivity index (χ1n) is 13.1. The Kier molecular flexibility index (Phi) is 20.8. The number of aliphatic hydroxyl groups is 1. The van der Waals surface area contributed by atoms with Gasteiger partial charge in [0.15, 0.2) is 6.04 Å². The number of hydrogen-bond acceptors (Lipinski definition) is 5. The molecule has 0 aliphatic carbocycles. The van der Waals surface area contributed by atoms with Crippen LogP contribution in [0.2, 0.25) is 0 Å². The molecule has 0 heterocycles. The molecule has 2 atom stereocenters. The minimum absolute atomic E-state index is 0.00167. The number of esters is 1. The molecule has 0 aliphatic heterocycles. The number of unbranched alkanes of at least 4 members (excludes halogenated alkanes) is 3. The molecular formula is C30H48NO6+. The molecule has 0 radical (unpaired) electrons. The maximum atomic E-state index is 11.8. The van der Waals surface area contributed by atoms with E-state index >= 15 is 0 Å². The highest BCUT2D eigenvalue weighted by atomic mass is 16.5. The number of nitrogens with zero attached hydrogens (tertiary/aromatic N) is 1. The molecule has 0 saturated carbocycles. The van der Waals surface area contributed by atoms with Crippen molar-refractivity contribution in [1.29, 1.82) is 0 Å². The zero-order valence-electron chi connectivity index (χ0n) is 23.1. The molecule has 37 heavy (non-hydrogen) atoms. The second-order valence-electron chi connectivity index (χ2n) is 9.57. The van der Waals surface area contributed by atoms with E-state index in [0.29, 0.717) is 12.8 Å². The summed E-state index contributed by atoms with van der Waals surface area (Å²) in [5, 5.41) is 19.2. The molecule has 0 amide bonds. The highest BCUT2D eigenvalue weighted by Gasteiger charge is 2.30. The molecule has 208 valence electrons. The second-order valence-corrected chi connectivity index (χ2v) is 9.57. The summed E-state index contributed by atoms with van der Waals surface area (Å²) in [4.78, 5) is 23.2. The van der Waals surface area contributed by atoms with Gasteiger partial charge in [-0.3, -0.25) is 4.79 Å². The Morgan fingerprint density at radius 2 is 1.38 bits per heavy atom. The lowest BCUT2D eigenvalue weighted by Crippen LogP contribution is -2.50. The number of allylic oxidation sites excluding steroid dienone is 12. The monoisotopic (exact) mass is 518 g/mol. The van der Waals surface area contributed by atoms with E-state index < -0.39 is 18.1 Å². The van der Waals surface area contributed by atoms with Crippen LogP contribution in [0.1, 0.15) is 51.9 Å². The molecule has 0 saturated heterocycles. The first kappa shape index (κ1) is 34.3. The van der Waals surface area contributed by atoms with Gasteiger partial charge in [-0.2, -0.15) is 0 Å². The van der Waals surface area contributed by atoms with Gasteiger partial charge in [-0.25, -0.2) is 4.79 Å². The number of hydrogen-bond donors (Lipinski definition) is 2. The Morgan fingerprint density at radius 1 is 0.811 bits per heavy atom. The van der Waals surface area contributed by atoms with E-state index in [2.05, 4.69) is 19.1 Å². The van der Waals surface area contributed by atoms with Crippen molar-refractivity contribution >= 4 is 11.9 Å². The van der Waals surface area contributed by atoms with Crippen molar-refractivity contribution in [3.05, 3.63) is 72.9 Å². The van der Waals surface area contributed by atoms with Gasteiger partial charge in [0.05, 0.1) is 34.4 Å². The van der Waals surface area contributed by atoms with Crippen LogP contribution in [0.3, 0.4) is 0 Å². The molecule has 0 aromatic carbocycles. The molecule has 7 heteroatoms. The van der Waals surface area contributed by atoms with E-state index in [1.165, 1.54) is 0 Å². The molecule has 7 nitrogen and oxygen atoms in total. The number of carboxylic acid groups (broad SMARTS) is 1. The predicted molar refractivity (Wildman–Crippen MR) is 150 cm³/mol. The first-order valence-corrected chi connectivity index (χ1v) is 13.1. The maximum Gasteiger partial charge on any atom is 0.362 e. The summed E-state index contributed by atoms with van der Waals surface area (Å²) in [5.41, 5.74) is 0. The fraction of sp³-hybridized carbons (Fsp3) is 0.533. The van der Waals surface area contributed by atoms with E-state index in [0.717, 1.165) is 32.1 Å². The van der Waals surface area contributed by atoms with Gasteiger partial charge in [0.1, 0.15) is 12.7 Å². The quantitative estimate of drug-likeness (QED) is 0.0944. The van der Waals surface area contributed by atoms with Crippen molar-refractivity contribution in [1.82, 2.24) is 0 Å². The summed E-state index contributed by atoms with van der Waals surface area (Å²) in [6, 6.07) is -0.586. The number of likely N-dealkylation sites (N-methyl/N-ethyl adjacent to an activating group) is 1. The SMILES string of the molecule is CC/C=C/C=C/C=C/C=C/C=C/C=C/CCCCCC(=O)OCC(O)COCCC(C(=O)O)[N+](C)(C)C. The molecule has 0 aromatic heterocycles. The van der Waals surface area contributed by atoms with Crippen molar-refractivity contribution < 1.29 is 33.8 Å². The molecule has 0 bridgehead atoms. The van der Waals surface area contributed by atoms with E-state index in [1.807, 2.05) is 81.9 Å². The molecular weight excluding hydrogens is 470 g/mol. The zero-order chi connectivity index (χ0) is 27.8. The second kappa shape index (κ2) is 22.5. The Bertz CT molecular complexity index is 786. The molecule has 0 rings (SSSR count). The average Bonchev–Trinajstić information content (AvgIpc) is 2.83. The van der Waals surface area contributed by atoms with Crippen LogP contribution in [0.15, 0.2) is 72.9 Å². The lowest BCUT2D eigenvalue weighted by Gasteiger charge is -2.31. The maximum absolute atomic E-state index is 11.8. The fourth-order valence-electron chi connectivity index (χ4n) is 3.18. The molecule has 0 fully saturated rings. The van der Waals surface area contributed by atoms with Crippen LogP contribution >= 0.6 is 0 Å². The van der Waals surface area contributed by atoms with Crippen molar-refractivity contribution in [3.8, 4) is 0 Å². The number of quaternary nitrogens is 1. The number of carboxylic acids is 1. The third-order valence-corrected chi connectivity index (χ3v) is 5.26. The third kappa shape index (κ3) is 22.2. The standard InChI is InChI=1S/C30H47NO6/c1-5-6-7-8-9-10-11-12-13-14-15-16-17-18-19-20-21-22-29(33)37-26-27(32)25-36-24-23-28(30(34)35)31(2,3)4/h6-17,27-28,32H,5,18-26H2,1-4H3/p+1/b7-6+,9-8+,11-10+,13-12+,15-14+,17-16+. The van der Waals surface area contributed by atoms with Crippen LogP contribution in [0.25, 0.3) is 0 Å². The number of ether oxygens (including phenoxy) is 2. The Hall–Kier alpha value is -2.74. The Morgan fingerprint density at radius 3 is 1.92 bits per heavy atom. The summed E-state index contributed by atoms with van der Waals surface area (Å²) in [7, 11) is 5.44. The number of aliphatic hydroxyl groups excluding tert-OH is 1. The summed E-state index contributed by atoms with van der Waals surface area (Å²) in [6.07, 6.45) is 28.6. The Labute approximate surface area is 223 Å². The van der Waals surface area contributed by atoms with Crippen LogP contribution in [0.5, 0.6) is 0 Å². The predicted octanol–water partition coefficient (Wildman–Crippen LogP) is 5.15. The summed E-state index contributed by atoms with van der Waals surface area (Å²) in [5.74, 6) is -1.21. The van der Waals surface area contributed by atoms with Gasteiger partial charge in [0.25, 0.3) is 0 Å². The summed E-state index contributed by atoms with van der Waals surface area (Å²) >= 11 is 0. The van der Waals surface area contributed by atoms with Gasteiger partial charge in [0.2, 0.25) is 0 Å². The minimum Gasteiger partial charge on any atom is -0.477 e. The van der Waals surface area contributed by atoms with Crippen molar-refractivity contribution in [2.45, 2.75) is 64.0 Å². The van der Waals surface area contributed by atoms with Crippen LogP contribution < -0.4 is 0 Å². The highest BCUT2D eigenvalue weighted by molar-refractivity contribution is 5.72. The fourth-order valence-corrected chi connectivity index (χ4v) is 3.18. The number of carbonyl (C=O) groups is 2. The van der Waals surface area contributed by atoms with Crippen LogP contribution in [-0.4, -0.2) is 79.7 Å². The van der Waals surface area contributed by atoms with E-state index in [4.69, 9.17) is 9.47 Å². The molecule has 0 aliphatic rings. The van der Waals surface area contributed by atoms with Gasteiger partial charge in [-0.05, 0) is 25.7 Å². The van der Waals surface area contributed by atoms with Crippen LogP contribution in [0, 0.1) is 0 Å². The molecule has 2 unspecified atom stereocenters. The third-order valence-electron chi connectivity index (χ3n) is 5.26. The summed E-state index contributed by atoms with van der Waals surface area (Å²) < 4.78 is 10.8. The van der Waals surface area contributed by atoms with Gasteiger partial charge in [-0.1, -0.05) is 86.3 Å². The van der Waals surface area contributed by atoms with E-state index in [-0.39, 0.29) is 30.3 Å². The lowest BCUT2D eigenvalue weighted by molar-refractivity contribution is -0.887. The van der Waals surface area contributed by atoms with Gasteiger partial charge < -0.3 is 24.2 Å². The van der Waals surface area contributed by atoms with Crippen molar-refractivity contribution in [3.63, 3.8) is 0 Å². The van der Waals surface area contributed by atoms with Crippen molar-refractivity contribution in [2.24, 2.45) is 0 Å². The van der Waals surface area contributed by atoms with E-state index in [9.17, 15) is 19.8 Å². The van der Waals surface area contributed by atoms with Gasteiger partial charge in [0, 0.05) is 12.8 Å². The topological polar surface area (TPSA) is 93.1 Å². The Balaban J connectivity index is 3.78. The molecule has 2 N–H and O–H groups in total. The van der Waals surface area contributed by atoms with E-state index in [1.54, 1.807) is 0 Å². The van der Waals surface area contributed by atoms with Crippen LogP contribution in [-0.2, 0) is 19.1 Å². The average molecular weight is 519 g/mol. The smallest absolute Gasteiger partial charge is 0.362 e. The minimum atomic E-state index is -0.926. The molecule has 0 spiro atoms. The number of rotatable bonds is 21. The molecule has 0 aromatic rings. The van der Waals surface area contributed by atoms with Gasteiger partial charge >= 0.3 is 11.9 Å². The number of aliphatic carboxylic acids is 1. The van der Waals surface area contributed by atoms with Crippen LogP contribution in [0.4, 0.5) is 0 Å². The highest BCUT2D eigenvalue weighted by Crippen LogP contribution is 2.09. The normalized spacial score (nSPS) is 14.7.